The van der Waals surface area contributed by atoms with Crippen molar-refractivity contribution in [2.45, 2.75) is 0 Å². The molecule has 0 saturated heterocycles. The van der Waals surface area contributed by atoms with Crippen LogP contribution < -0.4 is 25.3 Å². The molecular formula is C25H22F2N4O4. The van der Waals surface area contributed by atoms with Crippen LogP contribution in [0.3, 0.4) is 0 Å². The number of rotatable bonds is 9. The van der Waals surface area contributed by atoms with Gasteiger partial charge in [0.15, 0.2) is 28.9 Å². The summed E-state index contributed by atoms with van der Waals surface area (Å²) >= 11 is 0. The Morgan fingerprint density at radius 1 is 1.03 bits per heavy atom. The maximum atomic E-state index is 15.0. The second kappa shape index (κ2) is 10.3. The van der Waals surface area contributed by atoms with E-state index in [1.807, 2.05) is 7.05 Å². The second-order valence-electron chi connectivity index (χ2n) is 7.42. The fraction of sp³-hybridized carbons (Fsp3) is 0.160. The lowest BCUT2D eigenvalue weighted by molar-refractivity contribution is 0.100. The number of methoxy groups -OCH3 is 1. The molecule has 2 aromatic carbocycles. The van der Waals surface area contributed by atoms with Crippen LogP contribution in [0.5, 0.6) is 23.0 Å². The van der Waals surface area contributed by atoms with Gasteiger partial charge in [-0.15, -0.1) is 0 Å². The zero-order chi connectivity index (χ0) is 24.9. The molecule has 0 fully saturated rings. The van der Waals surface area contributed by atoms with Crippen molar-refractivity contribution < 1.29 is 27.8 Å². The topological polar surface area (TPSA) is 109 Å². The number of halogens is 2. The Labute approximate surface area is 199 Å². The van der Waals surface area contributed by atoms with Gasteiger partial charge in [0, 0.05) is 36.0 Å². The number of primary amides is 1. The molecule has 1 amide bonds. The molecule has 0 spiro atoms. The number of carbonyl (C=O) groups excluding carboxylic acids is 1. The number of benzene rings is 2. The van der Waals surface area contributed by atoms with Crippen molar-refractivity contribution in [3.63, 3.8) is 0 Å². The third-order valence-corrected chi connectivity index (χ3v) is 5.15. The van der Waals surface area contributed by atoms with Crippen LogP contribution in [0.25, 0.3) is 22.2 Å². The van der Waals surface area contributed by atoms with Crippen molar-refractivity contribution in [3.05, 3.63) is 72.1 Å². The van der Waals surface area contributed by atoms with Gasteiger partial charge in [0.25, 0.3) is 5.91 Å². The number of pyridine rings is 2. The van der Waals surface area contributed by atoms with Crippen LogP contribution in [-0.2, 0) is 0 Å². The minimum Gasteiger partial charge on any atom is -0.493 e. The zero-order valence-electron chi connectivity index (χ0n) is 19.0. The zero-order valence-corrected chi connectivity index (χ0v) is 19.0. The van der Waals surface area contributed by atoms with Crippen LogP contribution in [0.15, 0.2) is 54.9 Å². The Hall–Kier alpha value is -4.31. The van der Waals surface area contributed by atoms with Gasteiger partial charge in [0.1, 0.15) is 12.4 Å². The summed E-state index contributed by atoms with van der Waals surface area (Å²) in [5.41, 5.74) is 6.00. The average Bonchev–Trinajstić information content (AvgIpc) is 2.85. The summed E-state index contributed by atoms with van der Waals surface area (Å²) in [5.74, 6) is -2.29. The third-order valence-electron chi connectivity index (χ3n) is 5.15. The van der Waals surface area contributed by atoms with Gasteiger partial charge in [0.05, 0.1) is 23.9 Å². The van der Waals surface area contributed by atoms with Crippen LogP contribution >= 0.6 is 0 Å². The highest BCUT2D eigenvalue weighted by atomic mass is 19.1. The number of likely N-dealkylation sites (N-methyl/N-ethyl adjacent to an activating group) is 1. The third kappa shape index (κ3) is 4.97. The van der Waals surface area contributed by atoms with E-state index >= 15 is 8.78 Å². The minimum absolute atomic E-state index is 0.0416. The van der Waals surface area contributed by atoms with Crippen LogP contribution in [-0.4, -0.2) is 43.2 Å². The van der Waals surface area contributed by atoms with E-state index in [2.05, 4.69) is 15.3 Å². The summed E-state index contributed by atoms with van der Waals surface area (Å²) in [5, 5.41) is 3.45. The summed E-state index contributed by atoms with van der Waals surface area (Å²) in [4.78, 5) is 20.0. The Morgan fingerprint density at radius 2 is 1.80 bits per heavy atom. The Bertz CT molecular complexity index is 1370. The van der Waals surface area contributed by atoms with Crippen LogP contribution in [0.4, 0.5) is 8.78 Å². The molecule has 0 saturated carbocycles. The summed E-state index contributed by atoms with van der Waals surface area (Å²) in [6, 6.07) is 9.78. The van der Waals surface area contributed by atoms with Crippen molar-refractivity contribution in [3.8, 4) is 34.3 Å². The van der Waals surface area contributed by atoms with E-state index in [0.29, 0.717) is 35.6 Å². The van der Waals surface area contributed by atoms with E-state index in [1.54, 1.807) is 12.1 Å². The number of hydrogen-bond donors (Lipinski definition) is 2. The van der Waals surface area contributed by atoms with Gasteiger partial charge in [-0.25, -0.2) is 8.78 Å². The first-order valence-corrected chi connectivity index (χ1v) is 10.6. The van der Waals surface area contributed by atoms with Gasteiger partial charge >= 0.3 is 0 Å². The molecule has 180 valence electrons. The number of ether oxygens (including phenoxy) is 3. The number of nitrogens with one attached hydrogen (secondary N) is 1. The highest BCUT2D eigenvalue weighted by Crippen LogP contribution is 2.39. The summed E-state index contributed by atoms with van der Waals surface area (Å²) in [6.45, 7) is 1.04. The number of nitrogens with zero attached hydrogens (tertiary/aromatic N) is 2. The first-order chi connectivity index (χ1) is 16.9. The molecule has 0 bridgehead atoms. The average molecular weight is 480 g/mol. The van der Waals surface area contributed by atoms with E-state index in [9.17, 15) is 4.79 Å². The molecule has 0 radical (unpaired) electrons. The van der Waals surface area contributed by atoms with Crippen molar-refractivity contribution in [2.75, 3.05) is 27.3 Å². The Kier molecular flexibility index (Phi) is 7.02. The van der Waals surface area contributed by atoms with Gasteiger partial charge in [0.2, 0.25) is 0 Å². The predicted molar refractivity (Wildman–Crippen MR) is 126 cm³/mol. The lowest BCUT2D eigenvalue weighted by atomic mass is 10.0. The molecule has 0 aliphatic carbocycles. The number of amides is 1. The molecule has 4 rings (SSSR count). The number of nitrogens with two attached hydrogens (primary N) is 1. The summed E-state index contributed by atoms with van der Waals surface area (Å²) in [6.07, 6.45) is 2.86. The second-order valence-corrected chi connectivity index (χ2v) is 7.42. The fourth-order valence-corrected chi connectivity index (χ4v) is 3.49. The van der Waals surface area contributed by atoms with Gasteiger partial charge < -0.3 is 25.3 Å². The number of carbonyl (C=O) groups is 1. The first-order valence-electron chi connectivity index (χ1n) is 10.6. The minimum atomic E-state index is -0.981. The van der Waals surface area contributed by atoms with Crippen molar-refractivity contribution >= 4 is 16.8 Å². The first kappa shape index (κ1) is 23.8. The number of hydrogen-bond acceptors (Lipinski definition) is 7. The lowest BCUT2D eigenvalue weighted by Crippen LogP contribution is -2.16. The molecule has 2 heterocycles. The summed E-state index contributed by atoms with van der Waals surface area (Å²) in [7, 11) is 3.29. The Balaban J connectivity index is 1.72. The van der Waals surface area contributed by atoms with Gasteiger partial charge in [-0.1, -0.05) is 0 Å². The molecule has 2 aromatic heterocycles. The van der Waals surface area contributed by atoms with Gasteiger partial charge in [-0.3, -0.25) is 14.8 Å². The monoisotopic (exact) mass is 480 g/mol. The molecule has 3 N–H and O–H groups in total. The number of fused-ring (bicyclic) bond motifs is 1. The molecule has 0 unspecified atom stereocenters. The molecular weight excluding hydrogens is 458 g/mol. The van der Waals surface area contributed by atoms with Gasteiger partial charge in [-0.05, 0) is 43.4 Å². The predicted octanol–water partition coefficient (Wildman–Crippen LogP) is 4.07. The maximum absolute atomic E-state index is 15.0. The largest absolute Gasteiger partial charge is 0.493 e. The number of aromatic nitrogens is 2. The van der Waals surface area contributed by atoms with Crippen molar-refractivity contribution in [1.29, 1.82) is 0 Å². The van der Waals surface area contributed by atoms with Crippen LogP contribution in [0.2, 0.25) is 0 Å². The smallest absolute Gasteiger partial charge is 0.250 e. The molecule has 0 aliphatic rings. The van der Waals surface area contributed by atoms with Gasteiger partial charge in [-0.2, -0.15) is 0 Å². The van der Waals surface area contributed by atoms with E-state index in [-0.39, 0.29) is 22.6 Å². The maximum Gasteiger partial charge on any atom is 0.250 e. The Morgan fingerprint density at radius 3 is 2.49 bits per heavy atom. The van der Waals surface area contributed by atoms with Crippen LogP contribution in [0.1, 0.15) is 10.4 Å². The summed E-state index contributed by atoms with van der Waals surface area (Å²) < 4.78 is 46.8. The van der Waals surface area contributed by atoms with E-state index < -0.39 is 23.3 Å². The van der Waals surface area contributed by atoms with Crippen molar-refractivity contribution in [1.82, 2.24) is 15.3 Å². The molecule has 8 nitrogen and oxygen atoms in total. The van der Waals surface area contributed by atoms with E-state index in [4.69, 9.17) is 19.9 Å². The molecule has 0 atom stereocenters. The molecule has 10 heteroatoms. The van der Waals surface area contributed by atoms with Crippen molar-refractivity contribution in [2.24, 2.45) is 5.73 Å². The SMILES string of the molecule is CNCCOc1cc2nccc(Oc3c(F)cc(-c4ncccc4C(N)=O)cc3F)c2cc1OC. The standard InChI is InChI=1S/C25H22F2N4O4/c1-29-8-9-34-22-13-19-16(12-21(22)33-2)20(5-7-30-19)35-24-17(26)10-14(11-18(24)27)23-15(25(28)32)4-3-6-31-23/h3-7,10-13,29H,8-9H2,1-2H3,(H2,28,32). The highest BCUT2D eigenvalue weighted by molar-refractivity contribution is 5.98. The highest BCUT2D eigenvalue weighted by Gasteiger charge is 2.20. The normalized spacial score (nSPS) is 10.9. The lowest BCUT2D eigenvalue weighted by Gasteiger charge is -2.15. The molecule has 35 heavy (non-hydrogen) atoms. The fourth-order valence-electron chi connectivity index (χ4n) is 3.49. The quantitative estimate of drug-likeness (QED) is 0.348. The molecule has 4 aromatic rings. The van der Waals surface area contributed by atoms with E-state index in [1.165, 1.54) is 37.7 Å². The van der Waals surface area contributed by atoms with E-state index in [0.717, 1.165) is 12.1 Å². The molecule has 0 aliphatic heterocycles. The van der Waals surface area contributed by atoms with Crippen LogP contribution in [0, 0.1) is 11.6 Å².